The van der Waals surface area contributed by atoms with Crippen LogP contribution in [0.25, 0.3) is 5.76 Å². The van der Waals surface area contributed by atoms with Crippen LogP contribution in [0, 0.1) is 13.8 Å². The zero-order valence-corrected chi connectivity index (χ0v) is 22.5. The first-order valence-corrected chi connectivity index (χ1v) is 12.6. The lowest BCUT2D eigenvalue weighted by Gasteiger charge is -2.27. The SMILES string of the molecule is COc1cc(C2C(=C(O)c3cc(C)ccc3C)C(=O)C(=O)N2CCN(C)C)ccc1OCc1ccccc1. The molecule has 198 valence electrons. The van der Waals surface area contributed by atoms with E-state index in [1.807, 2.05) is 87.4 Å². The van der Waals surface area contributed by atoms with Gasteiger partial charge >= 0.3 is 0 Å². The van der Waals surface area contributed by atoms with Crippen LogP contribution in [-0.2, 0) is 16.2 Å². The minimum atomic E-state index is -0.771. The Morgan fingerprint density at radius 2 is 1.71 bits per heavy atom. The van der Waals surface area contributed by atoms with Crippen molar-refractivity contribution in [1.82, 2.24) is 9.80 Å². The number of nitrogens with zero attached hydrogens (tertiary/aromatic N) is 2. The Hall–Kier alpha value is -4.10. The molecule has 0 spiro atoms. The van der Waals surface area contributed by atoms with Gasteiger partial charge in [0.15, 0.2) is 11.5 Å². The van der Waals surface area contributed by atoms with Crippen molar-refractivity contribution < 1.29 is 24.2 Å². The molecule has 3 aromatic carbocycles. The smallest absolute Gasteiger partial charge is 0.295 e. The van der Waals surface area contributed by atoms with Crippen molar-refractivity contribution in [2.24, 2.45) is 0 Å². The predicted octanol–water partition coefficient (Wildman–Crippen LogP) is 4.87. The molecule has 1 heterocycles. The lowest BCUT2D eigenvalue weighted by molar-refractivity contribution is -0.140. The van der Waals surface area contributed by atoms with Gasteiger partial charge in [-0.05, 0) is 62.8 Å². The van der Waals surface area contributed by atoms with Gasteiger partial charge in [-0.15, -0.1) is 0 Å². The third kappa shape index (κ3) is 5.58. The third-order valence-corrected chi connectivity index (χ3v) is 6.72. The van der Waals surface area contributed by atoms with Gasteiger partial charge in [0.2, 0.25) is 0 Å². The fourth-order valence-corrected chi connectivity index (χ4v) is 4.61. The normalized spacial score (nSPS) is 16.8. The molecular formula is C31H34N2O5. The zero-order valence-electron chi connectivity index (χ0n) is 22.5. The van der Waals surface area contributed by atoms with Crippen molar-refractivity contribution in [2.75, 3.05) is 34.3 Å². The fraction of sp³-hybridized carbons (Fsp3) is 0.290. The number of hydrogen-bond donors (Lipinski definition) is 1. The van der Waals surface area contributed by atoms with Gasteiger partial charge in [0.05, 0.1) is 18.7 Å². The topological polar surface area (TPSA) is 79.3 Å². The molecule has 1 N–H and O–H groups in total. The summed E-state index contributed by atoms with van der Waals surface area (Å²) in [6.45, 7) is 5.03. The Labute approximate surface area is 223 Å². The number of carbonyl (C=O) groups excluding carboxylic acids is 2. The average Bonchev–Trinajstić information content (AvgIpc) is 3.17. The molecule has 1 amide bonds. The number of aliphatic hydroxyl groups excluding tert-OH is 1. The molecule has 1 aliphatic heterocycles. The van der Waals surface area contributed by atoms with Crippen molar-refractivity contribution in [3.8, 4) is 11.5 Å². The van der Waals surface area contributed by atoms with Crippen LogP contribution >= 0.6 is 0 Å². The monoisotopic (exact) mass is 514 g/mol. The van der Waals surface area contributed by atoms with Crippen molar-refractivity contribution in [3.63, 3.8) is 0 Å². The Balaban J connectivity index is 1.79. The number of ether oxygens (including phenoxy) is 2. The lowest BCUT2D eigenvalue weighted by atomic mass is 9.93. The van der Waals surface area contributed by atoms with E-state index in [0.29, 0.717) is 42.3 Å². The van der Waals surface area contributed by atoms with Gasteiger partial charge in [0.1, 0.15) is 12.4 Å². The number of ketones is 1. The molecule has 7 heteroatoms. The van der Waals surface area contributed by atoms with Crippen LogP contribution in [0.2, 0.25) is 0 Å². The molecule has 7 nitrogen and oxygen atoms in total. The summed E-state index contributed by atoms with van der Waals surface area (Å²) in [7, 11) is 5.36. The van der Waals surface area contributed by atoms with Gasteiger partial charge in [-0.3, -0.25) is 9.59 Å². The number of rotatable bonds is 9. The van der Waals surface area contributed by atoms with E-state index in [1.165, 1.54) is 4.90 Å². The molecule has 0 bridgehead atoms. The molecule has 0 aromatic heterocycles. The maximum Gasteiger partial charge on any atom is 0.295 e. The van der Waals surface area contributed by atoms with Gasteiger partial charge in [0.25, 0.3) is 11.7 Å². The first-order valence-electron chi connectivity index (χ1n) is 12.6. The highest BCUT2D eigenvalue weighted by molar-refractivity contribution is 6.46. The van der Waals surface area contributed by atoms with Crippen LogP contribution in [-0.4, -0.2) is 60.9 Å². The molecule has 1 aliphatic rings. The number of hydrogen-bond acceptors (Lipinski definition) is 6. The molecule has 3 aromatic rings. The summed E-state index contributed by atoms with van der Waals surface area (Å²) in [5.41, 5.74) is 4.03. The maximum atomic E-state index is 13.4. The second-order valence-electron chi connectivity index (χ2n) is 9.80. The number of aliphatic hydroxyl groups is 1. The third-order valence-electron chi connectivity index (χ3n) is 6.72. The van der Waals surface area contributed by atoms with E-state index in [0.717, 1.165) is 16.7 Å². The Morgan fingerprint density at radius 1 is 0.974 bits per heavy atom. The van der Waals surface area contributed by atoms with E-state index in [2.05, 4.69) is 0 Å². The first-order chi connectivity index (χ1) is 18.2. The lowest BCUT2D eigenvalue weighted by Crippen LogP contribution is -2.35. The number of likely N-dealkylation sites (tertiary alicyclic amines) is 1. The number of carbonyl (C=O) groups is 2. The molecule has 38 heavy (non-hydrogen) atoms. The number of aryl methyl sites for hydroxylation is 2. The predicted molar refractivity (Wildman–Crippen MR) is 147 cm³/mol. The average molecular weight is 515 g/mol. The van der Waals surface area contributed by atoms with Crippen molar-refractivity contribution in [1.29, 1.82) is 0 Å². The van der Waals surface area contributed by atoms with Crippen molar-refractivity contribution in [3.05, 3.63) is 100 Å². The highest BCUT2D eigenvalue weighted by atomic mass is 16.5. The molecule has 1 saturated heterocycles. The second-order valence-corrected chi connectivity index (χ2v) is 9.80. The van der Waals surface area contributed by atoms with Crippen molar-refractivity contribution in [2.45, 2.75) is 26.5 Å². The van der Waals surface area contributed by atoms with Crippen LogP contribution in [0.15, 0.2) is 72.3 Å². The largest absolute Gasteiger partial charge is 0.507 e. The summed E-state index contributed by atoms with van der Waals surface area (Å²) in [5.74, 6) is -0.490. The maximum absolute atomic E-state index is 13.4. The number of Topliss-reactive ketones (excluding diaryl/α,β-unsaturated/α-hetero) is 1. The van der Waals surface area contributed by atoms with E-state index in [9.17, 15) is 14.7 Å². The number of methoxy groups -OCH3 is 1. The summed E-state index contributed by atoms with van der Waals surface area (Å²) in [5, 5.41) is 11.4. The molecule has 0 aliphatic carbocycles. The van der Waals surface area contributed by atoms with Crippen LogP contribution < -0.4 is 9.47 Å². The zero-order chi connectivity index (χ0) is 27.4. The number of benzene rings is 3. The highest BCUT2D eigenvalue weighted by Gasteiger charge is 2.46. The van der Waals surface area contributed by atoms with Crippen LogP contribution in [0.5, 0.6) is 11.5 Å². The standard InChI is InChI=1S/C31H34N2O5/c1-20-11-12-21(2)24(17-20)29(34)27-28(33(16-15-32(3)4)31(36)30(27)35)23-13-14-25(26(18-23)37-5)38-19-22-9-7-6-8-10-22/h6-14,17-18,28,34H,15-16,19H2,1-5H3. The summed E-state index contributed by atoms with van der Waals surface area (Å²) in [4.78, 5) is 30.1. The molecule has 0 saturated carbocycles. The fourth-order valence-electron chi connectivity index (χ4n) is 4.61. The molecule has 0 radical (unpaired) electrons. The van der Waals surface area contributed by atoms with E-state index >= 15 is 0 Å². The molecule has 1 atom stereocenters. The quantitative estimate of drug-likeness (QED) is 0.249. The summed E-state index contributed by atoms with van der Waals surface area (Å²) in [6, 6.07) is 20.1. The summed E-state index contributed by atoms with van der Waals surface area (Å²) >= 11 is 0. The molecule has 1 fully saturated rings. The van der Waals surface area contributed by atoms with E-state index < -0.39 is 17.7 Å². The van der Waals surface area contributed by atoms with Gasteiger partial charge in [0, 0.05) is 18.7 Å². The van der Waals surface area contributed by atoms with Crippen LogP contribution in [0.3, 0.4) is 0 Å². The van der Waals surface area contributed by atoms with Gasteiger partial charge < -0.3 is 24.4 Å². The van der Waals surface area contributed by atoms with Crippen LogP contribution in [0.1, 0.15) is 33.9 Å². The summed E-state index contributed by atoms with van der Waals surface area (Å²) < 4.78 is 11.6. The second kappa shape index (κ2) is 11.5. The Kier molecular flexibility index (Phi) is 8.17. The first kappa shape index (κ1) is 26.9. The summed E-state index contributed by atoms with van der Waals surface area (Å²) in [6.07, 6.45) is 0. The van der Waals surface area contributed by atoms with Gasteiger partial charge in [-0.2, -0.15) is 0 Å². The number of amides is 1. The van der Waals surface area contributed by atoms with E-state index in [4.69, 9.17) is 9.47 Å². The Bertz CT molecular complexity index is 1360. The number of likely N-dealkylation sites (N-methyl/N-ethyl adjacent to an activating group) is 1. The highest BCUT2D eigenvalue weighted by Crippen LogP contribution is 2.42. The van der Waals surface area contributed by atoms with Crippen molar-refractivity contribution >= 4 is 17.4 Å². The van der Waals surface area contributed by atoms with Gasteiger partial charge in [-0.25, -0.2) is 0 Å². The van der Waals surface area contributed by atoms with Crippen LogP contribution in [0.4, 0.5) is 0 Å². The minimum absolute atomic E-state index is 0.0717. The minimum Gasteiger partial charge on any atom is -0.507 e. The van der Waals surface area contributed by atoms with E-state index in [1.54, 1.807) is 19.2 Å². The Morgan fingerprint density at radius 3 is 2.39 bits per heavy atom. The molecule has 1 unspecified atom stereocenters. The van der Waals surface area contributed by atoms with E-state index in [-0.39, 0.29) is 11.3 Å². The van der Waals surface area contributed by atoms with Gasteiger partial charge in [-0.1, -0.05) is 54.1 Å². The molecular weight excluding hydrogens is 480 g/mol. The molecule has 4 rings (SSSR count).